The van der Waals surface area contributed by atoms with E-state index in [-0.39, 0.29) is 47.4 Å². The molecule has 0 N–H and O–H groups in total. The average molecular weight is 716 g/mol. The van der Waals surface area contributed by atoms with Crippen molar-refractivity contribution in [1.82, 2.24) is 37.4 Å². The first-order chi connectivity index (χ1) is 23.9. The molecule has 0 amide bonds. The Morgan fingerprint density at radius 3 is 1.26 bits per heavy atom. The Bertz CT molecular complexity index is 2530. The van der Waals surface area contributed by atoms with Gasteiger partial charge in [0.15, 0.2) is 22.3 Å². The van der Waals surface area contributed by atoms with E-state index in [1.807, 2.05) is 24.3 Å². The molecule has 4 aromatic heterocycles. The Morgan fingerprint density at radius 2 is 0.900 bits per heavy atom. The van der Waals surface area contributed by atoms with E-state index in [9.17, 15) is 19.2 Å². The molecular formula is C34H28Cl2N8O6. The second kappa shape index (κ2) is 12.5. The van der Waals surface area contributed by atoms with Crippen molar-refractivity contribution in [2.75, 3.05) is 0 Å². The zero-order valence-corrected chi connectivity index (χ0v) is 28.6. The molecule has 0 aliphatic heterocycles. The quantitative estimate of drug-likeness (QED) is 0.228. The van der Waals surface area contributed by atoms with E-state index in [2.05, 4.69) is 9.97 Å². The fourth-order valence-electron chi connectivity index (χ4n) is 5.68. The second-order valence-corrected chi connectivity index (χ2v) is 12.4. The van der Waals surface area contributed by atoms with Crippen LogP contribution in [-0.2, 0) is 41.3 Å². The number of halogens is 2. The number of aromatic nitrogens is 8. The molecule has 0 saturated carbocycles. The van der Waals surface area contributed by atoms with Crippen LogP contribution >= 0.6 is 23.2 Å². The van der Waals surface area contributed by atoms with E-state index in [1.54, 1.807) is 57.7 Å². The summed E-state index contributed by atoms with van der Waals surface area (Å²) in [6.45, 7) is 0.285. The van der Waals surface area contributed by atoms with Crippen LogP contribution in [0.25, 0.3) is 22.3 Å². The van der Waals surface area contributed by atoms with Crippen LogP contribution in [0.5, 0.6) is 23.5 Å². The van der Waals surface area contributed by atoms with Crippen molar-refractivity contribution in [2.24, 2.45) is 28.2 Å². The van der Waals surface area contributed by atoms with E-state index in [1.165, 1.54) is 37.3 Å². The molecule has 0 bridgehead atoms. The molecule has 0 aliphatic carbocycles. The largest absolute Gasteiger partial charge is 0.425 e. The first-order valence-electron chi connectivity index (χ1n) is 15.2. The molecule has 7 rings (SSSR count). The molecule has 16 heteroatoms. The normalized spacial score (nSPS) is 11.5. The average Bonchev–Trinajstić information content (AvgIpc) is 3.65. The zero-order chi connectivity index (χ0) is 35.4. The molecule has 14 nitrogen and oxygen atoms in total. The summed E-state index contributed by atoms with van der Waals surface area (Å²) in [5.74, 6) is 0.687. The van der Waals surface area contributed by atoms with E-state index >= 15 is 0 Å². The van der Waals surface area contributed by atoms with Gasteiger partial charge in [-0.3, -0.25) is 37.0 Å². The van der Waals surface area contributed by atoms with Gasteiger partial charge in [0.2, 0.25) is 0 Å². The van der Waals surface area contributed by atoms with E-state index in [0.717, 1.165) is 9.13 Å². The van der Waals surface area contributed by atoms with Gasteiger partial charge in [-0.05, 0) is 47.5 Å². The van der Waals surface area contributed by atoms with Crippen molar-refractivity contribution in [3.05, 3.63) is 136 Å². The summed E-state index contributed by atoms with van der Waals surface area (Å²) in [5.41, 5.74) is -0.0645. The number of nitrogens with zero attached hydrogens (tertiary/aromatic N) is 8. The number of benzene rings is 3. The van der Waals surface area contributed by atoms with Crippen molar-refractivity contribution >= 4 is 45.5 Å². The molecule has 0 atom stereocenters. The SMILES string of the molecule is Cn1c(=O)c2c(nc(Oc3ccc(Oc4nc5c(c(=O)n(C)c(=O)n5C)n4Cc4ccccc4Cl)cc3)n2Cc2ccccc2Cl)n(C)c1=O. The Kier molecular flexibility index (Phi) is 8.20. The Morgan fingerprint density at radius 1 is 0.540 bits per heavy atom. The molecule has 0 aliphatic rings. The van der Waals surface area contributed by atoms with Crippen LogP contribution in [0.4, 0.5) is 0 Å². The fraction of sp³-hybridized carbons (Fsp3) is 0.176. The molecule has 3 aromatic carbocycles. The van der Waals surface area contributed by atoms with Gasteiger partial charge in [0.1, 0.15) is 11.5 Å². The number of imidazole rings is 2. The van der Waals surface area contributed by atoms with Crippen LogP contribution in [0.15, 0.2) is 92.0 Å². The number of ether oxygens (including phenoxy) is 2. The van der Waals surface area contributed by atoms with Crippen LogP contribution in [0.2, 0.25) is 10.0 Å². The van der Waals surface area contributed by atoms with E-state index < -0.39 is 22.5 Å². The van der Waals surface area contributed by atoms with Crippen LogP contribution in [-0.4, -0.2) is 37.4 Å². The maximum Gasteiger partial charge on any atom is 0.332 e. The van der Waals surface area contributed by atoms with E-state index in [4.69, 9.17) is 32.7 Å². The summed E-state index contributed by atoms with van der Waals surface area (Å²) in [6, 6.07) is 21.0. The number of hydrogen-bond donors (Lipinski definition) is 0. The van der Waals surface area contributed by atoms with Crippen LogP contribution in [0.1, 0.15) is 11.1 Å². The van der Waals surface area contributed by atoms with Crippen molar-refractivity contribution < 1.29 is 9.47 Å². The predicted molar refractivity (Wildman–Crippen MR) is 188 cm³/mol. The van der Waals surface area contributed by atoms with Crippen LogP contribution < -0.4 is 32.0 Å². The van der Waals surface area contributed by atoms with Gasteiger partial charge in [0, 0.05) is 38.2 Å². The summed E-state index contributed by atoms with van der Waals surface area (Å²) in [4.78, 5) is 61.1. The third-order valence-electron chi connectivity index (χ3n) is 8.44. The molecular weight excluding hydrogens is 687 g/mol. The molecule has 0 radical (unpaired) electrons. The third-order valence-corrected chi connectivity index (χ3v) is 9.18. The monoisotopic (exact) mass is 714 g/mol. The smallest absolute Gasteiger partial charge is 0.332 e. The lowest BCUT2D eigenvalue weighted by atomic mass is 10.2. The highest BCUT2D eigenvalue weighted by atomic mass is 35.5. The first-order valence-corrected chi connectivity index (χ1v) is 15.9. The molecule has 0 spiro atoms. The minimum Gasteiger partial charge on any atom is -0.425 e. The van der Waals surface area contributed by atoms with Gasteiger partial charge in [-0.1, -0.05) is 59.6 Å². The summed E-state index contributed by atoms with van der Waals surface area (Å²) in [7, 11) is 5.85. The number of rotatable bonds is 8. The van der Waals surface area contributed by atoms with Crippen LogP contribution in [0.3, 0.4) is 0 Å². The highest BCUT2D eigenvalue weighted by Crippen LogP contribution is 2.31. The topological polar surface area (TPSA) is 142 Å². The number of hydrogen-bond acceptors (Lipinski definition) is 8. The van der Waals surface area contributed by atoms with Gasteiger partial charge in [0.25, 0.3) is 11.1 Å². The lowest BCUT2D eigenvalue weighted by Gasteiger charge is -2.12. The summed E-state index contributed by atoms with van der Waals surface area (Å²) < 4.78 is 20.1. The van der Waals surface area contributed by atoms with Gasteiger partial charge in [-0.15, -0.1) is 0 Å². The summed E-state index contributed by atoms with van der Waals surface area (Å²) >= 11 is 12.9. The molecule has 0 unspecified atom stereocenters. The number of fused-ring (bicyclic) bond motifs is 2. The minimum absolute atomic E-state index is 0.0604. The first kappa shape index (κ1) is 32.7. The summed E-state index contributed by atoms with van der Waals surface area (Å²) in [5, 5.41) is 0.976. The summed E-state index contributed by atoms with van der Waals surface area (Å²) in [6.07, 6.45) is 0. The maximum absolute atomic E-state index is 13.3. The van der Waals surface area contributed by atoms with E-state index in [0.29, 0.717) is 32.7 Å². The maximum atomic E-state index is 13.3. The van der Waals surface area contributed by atoms with Crippen molar-refractivity contribution in [3.63, 3.8) is 0 Å². The molecule has 7 aromatic rings. The highest BCUT2D eigenvalue weighted by Gasteiger charge is 2.23. The standard InChI is InChI=1S/C34H28Cl2N8O6/c1-39-27-25(29(45)41(3)33(39)47)43(17-19-9-5-7-11-23(19)35)31(37-27)49-21-13-15-22(16-14-21)50-32-38-28-26(30(46)42(4)34(48)40(28)2)44(32)18-20-10-6-8-12-24(20)36/h5-16H,17-18H2,1-4H3. The minimum atomic E-state index is -0.534. The highest BCUT2D eigenvalue weighted by molar-refractivity contribution is 6.31. The third kappa shape index (κ3) is 5.47. The van der Waals surface area contributed by atoms with Crippen molar-refractivity contribution in [2.45, 2.75) is 13.1 Å². The Balaban J connectivity index is 1.27. The number of aryl methyl sites for hydroxylation is 2. The van der Waals surface area contributed by atoms with Crippen molar-refractivity contribution in [3.8, 4) is 23.5 Å². The molecule has 0 saturated heterocycles. The Hall–Kier alpha value is -5.86. The lowest BCUT2D eigenvalue weighted by molar-refractivity contribution is 0.410. The van der Waals surface area contributed by atoms with Gasteiger partial charge in [0.05, 0.1) is 13.1 Å². The van der Waals surface area contributed by atoms with Gasteiger partial charge >= 0.3 is 23.4 Å². The van der Waals surface area contributed by atoms with Crippen molar-refractivity contribution in [1.29, 1.82) is 0 Å². The predicted octanol–water partition coefficient (Wildman–Crippen LogP) is 4.17. The molecule has 254 valence electrons. The molecule has 50 heavy (non-hydrogen) atoms. The van der Waals surface area contributed by atoms with Gasteiger partial charge in [-0.25, -0.2) is 9.59 Å². The molecule has 0 fully saturated rings. The van der Waals surface area contributed by atoms with Gasteiger partial charge in [-0.2, -0.15) is 9.97 Å². The van der Waals surface area contributed by atoms with Crippen LogP contribution in [0, 0.1) is 0 Å². The fourth-order valence-corrected chi connectivity index (χ4v) is 6.07. The Labute approximate surface area is 292 Å². The second-order valence-electron chi connectivity index (χ2n) is 11.6. The molecule has 4 heterocycles. The lowest BCUT2D eigenvalue weighted by Crippen LogP contribution is -2.37. The van der Waals surface area contributed by atoms with Gasteiger partial charge < -0.3 is 9.47 Å². The zero-order valence-electron chi connectivity index (χ0n) is 27.1.